The Morgan fingerprint density at radius 2 is 2.03 bits per heavy atom. The highest BCUT2D eigenvalue weighted by Crippen LogP contribution is 2.56. The largest absolute Gasteiger partial charge is 0.507 e. The molecule has 29 heavy (non-hydrogen) atoms. The Morgan fingerprint density at radius 1 is 1.28 bits per heavy atom. The number of carboxylic acid groups (broad SMARTS) is 1. The summed E-state index contributed by atoms with van der Waals surface area (Å²) in [6, 6.07) is 2.58. The number of nitrogens with zero attached hydrogens (tertiary/aromatic N) is 1. The summed E-state index contributed by atoms with van der Waals surface area (Å²) in [5, 5.41) is 46.1. The smallest absolute Gasteiger partial charge is 0.455 e. The quantitative estimate of drug-likeness (QED) is 0.303. The van der Waals surface area contributed by atoms with E-state index in [-0.39, 0.29) is 42.3 Å². The second-order valence-corrected chi connectivity index (χ2v) is 7.90. The molecule has 1 saturated carbocycles. The maximum atomic E-state index is 12.4. The van der Waals surface area contributed by atoms with Crippen molar-refractivity contribution in [1.29, 1.82) is 1.43 Å². The van der Waals surface area contributed by atoms with Crippen LogP contribution in [0.25, 0.3) is 0 Å². The number of aromatic carboxylic acids is 1. The van der Waals surface area contributed by atoms with Crippen molar-refractivity contribution in [1.82, 2.24) is 10.2 Å². The van der Waals surface area contributed by atoms with Crippen molar-refractivity contribution < 1.29 is 39.7 Å². The molecule has 6 N–H and O–H groups in total. The molecule has 2 saturated heterocycles. The summed E-state index contributed by atoms with van der Waals surface area (Å²) < 4.78 is 12.7. The fourth-order valence-corrected chi connectivity index (χ4v) is 4.08. The molecular weight excluding hydrogens is 383 g/mol. The van der Waals surface area contributed by atoms with Gasteiger partial charge in [-0.3, -0.25) is 4.79 Å². The Bertz CT molecular complexity index is 850. The molecule has 4 atom stereocenters. The monoisotopic (exact) mass is 407 g/mol. The third-order valence-electron chi connectivity index (χ3n) is 5.85. The van der Waals surface area contributed by atoms with Gasteiger partial charge in [-0.2, -0.15) is 0 Å². The molecule has 2 aliphatic heterocycles. The number of ether oxygens (including phenoxy) is 1. The molecule has 0 spiro atoms. The van der Waals surface area contributed by atoms with Crippen LogP contribution in [0.3, 0.4) is 0 Å². The standard InChI is InChI=1S/C18H23BN2O8/c22-8-3-13(20-5-8)17(24)21-6-9(7-21)29-14-2-1-10(11-4-12(11)19(27)28)16(23)15(14)18(25)26/h1-2,8-9,11-13,20,22-23,27-28H,3-7H2,(H,25,26)/t8-,11+,12+,13-/m0/s1/i22D. The topological polar surface area (TPSA) is 160 Å². The minimum atomic E-state index is -1.52. The average Bonchev–Trinajstić information content (AvgIpc) is 3.31. The van der Waals surface area contributed by atoms with Crippen LogP contribution in [0.5, 0.6) is 11.5 Å². The lowest BCUT2D eigenvalue weighted by Gasteiger charge is -2.40. The molecule has 1 aromatic rings. The SMILES string of the molecule is [2H]O[C@@H]1CN[C@H](C(=O)N2CC(Oc3ccc([C@H]4C[C@H]4B(O)O)c(O)c3C(=O)O)C2)C1. The van der Waals surface area contributed by atoms with E-state index >= 15 is 0 Å². The molecule has 0 bridgehead atoms. The number of β-amino-alcohol motifs (C(OH)–C–C–N with tert-alkyl or cyclic N) is 1. The van der Waals surface area contributed by atoms with Crippen LogP contribution in [0.15, 0.2) is 12.1 Å². The summed E-state index contributed by atoms with van der Waals surface area (Å²) in [5.74, 6) is -2.64. The van der Waals surface area contributed by atoms with E-state index < -0.39 is 36.8 Å². The van der Waals surface area contributed by atoms with E-state index in [1.807, 2.05) is 0 Å². The number of rotatable bonds is 7. The minimum Gasteiger partial charge on any atom is -0.507 e. The minimum absolute atomic E-state index is 0.00394. The van der Waals surface area contributed by atoms with Crippen LogP contribution >= 0.6 is 0 Å². The Balaban J connectivity index is 1.39. The lowest BCUT2D eigenvalue weighted by molar-refractivity contribution is -0.142. The summed E-state index contributed by atoms with van der Waals surface area (Å²) in [6.45, 7) is 1.01. The van der Waals surface area contributed by atoms with Crippen molar-refractivity contribution in [3.63, 3.8) is 0 Å². The molecule has 156 valence electrons. The maximum Gasteiger partial charge on any atom is 0.455 e. The van der Waals surface area contributed by atoms with Gasteiger partial charge in [-0.05, 0) is 30.4 Å². The first-order chi connectivity index (χ1) is 14.3. The van der Waals surface area contributed by atoms with E-state index in [9.17, 15) is 29.9 Å². The highest BCUT2D eigenvalue weighted by atomic mass is 16.5. The first kappa shape index (κ1) is 18.7. The number of benzene rings is 1. The number of carbonyl (C=O) groups is 2. The fourth-order valence-electron chi connectivity index (χ4n) is 4.08. The van der Waals surface area contributed by atoms with Crippen molar-refractivity contribution in [2.75, 3.05) is 19.6 Å². The summed E-state index contributed by atoms with van der Waals surface area (Å²) in [4.78, 5) is 25.7. The highest BCUT2D eigenvalue weighted by Gasteiger charge is 2.48. The first-order valence-electron chi connectivity index (χ1n) is 9.97. The third kappa shape index (κ3) is 3.78. The number of carbonyl (C=O) groups excluding carboxylic acids is 1. The molecular formula is C18H23BN2O8. The van der Waals surface area contributed by atoms with Crippen molar-refractivity contribution in [2.45, 2.75) is 42.8 Å². The number of aliphatic hydroxyl groups excluding tert-OH is 1. The molecule has 2 heterocycles. The summed E-state index contributed by atoms with van der Waals surface area (Å²) >= 11 is 0. The maximum absolute atomic E-state index is 12.4. The lowest BCUT2D eigenvalue weighted by Crippen LogP contribution is -2.59. The van der Waals surface area contributed by atoms with Gasteiger partial charge in [-0.1, -0.05) is 6.07 Å². The number of hydrogen-bond donors (Lipinski definition) is 6. The number of phenols is 1. The third-order valence-corrected chi connectivity index (χ3v) is 5.85. The number of carboxylic acids is 1. The van der Waals surface area contributed by atoms with Gasteiger partial charge in [0.1, 0.15) is 23.2 Å². The summed E-state index contributed by atoms with van der Waals surface area (Å²) in [5.41, 5.74) is -0.0232. The highest BCUT2D eigenvalue weighted by molar-refractivity contribution is 6.44. The van der Waals surface area contributed by atoms with Gasteiger partial charge in [-0.15, -0.1) is 0 Å². The molecule has 0 radical (unpaired) electrons. The normalized spacial score (nSPS) is 29.2. The van der Waals surface area contributed by atoms with E-state index in [1.54, 1.807) is 4.90 Å². The average molecular weight is 407 g/mol. The molecule has 3 fully saturated rings. The predicted octanol–water partition coefficient (Wildman–Crippen LogP) is -1.27. The van der Waals surface area contributed by atoms with E-state index in [0.29, 0.717) is 24.9 Å². The summed E-state index contributed by atoms with van der Waals surface area (Å²) in [6.07, 6.45) is 0.152. The molecule has 11 heteroatoms. The van der Waals surface area contributed by atoms with Crippen LogP contribution in [-0.2, 0) is 4.79 Å². The van der Waals surface area contributed by atoms with Crippen LogP contribution in [0, 0.1) is 0 Å². The van der Waals surface area contributed by atoms with Gasteiger partial charge in [0.2, 0.25) is 7.34 Å². The van der Waals surface area contributed by atoms with Gasteiger partial charge < -0.3 is 40.3 Å². The number of amides is 1. The van der Waals surface area contributed by atoms with E-state index in [0.717, 1.165) is 0 Å². The van der Waals surface area contributed by atoms with Gasteiger partial charge in [-0.25, -0.2) is 4.79 Å². The van der Waals surface area contributed by atoms with Gasteiger partial charge in [0.15, 0.2) is 0 Å². The van der Waals surface area contributed by atoms with Crippen molar-refractivity contribution in [2.24, 2.45) is 0 Å². The van der Waals surface area contributed by atoms with Gasteiger partial charge in [0.25, 0.3) is 0 Å². The number of aromatic hydroxyl groups is 1. The van der Waals surface area contributed by atoms with Crippen LogP contribution in [0.4, 0.5) is 0 Å². The zero-order chi connectivity index (χ0) is 21.6. The van der Waals surface area contributed by atoms with Crippen LogP contribution < -0.4 is 10.1 Å². The zero-order valence-corrected chi connectivity index (χ0v) is 15.5. The van der Waals surface area contributed by atoms with E-state index in [1.165, 1.54) is 12.1 Å². The number of hydrogen-bond acceptors (Lipinski definition) is 8. The number of likely N-dealkylation sites (tertiary alicyclic amines) is 1. The number of aliphatic hydroxyl groups is 1. The van der Waals surface area contributed by atoms with Crippen LogP contribution in [0.2, 0.25) is 5.82 Å². The van der Waals surface area contributed by atoms with E-state index in [2.05, 4.69) is 10.4 Å². The van der Waals surface area contributed by atoms with Crippen LogP contribution in [-0.4, -0.2) is 88.6 Å². The molecule has 10 nitrogen and oxygen atoms in total. The van der Waals surface area contributed by atoms with E-state index in [4.69, 9.17) is 6.17 Å². The molecule has 4 rings (SSSR count). The molecule has 0 unspecified atom stereocenters. The lowest BCUT2D eigenvalue weighted by atomic mass is 9.81. The zero-order valence-electron chi connectivity index (χ0n) is 16.5. The summed E-state index contributed by atoms with van der Waals surface area (Å²) in [7, 11) is -1.52. The van der Waals surface area contributed by atoms with Crippen molar-refractivity contribution in [3.05, 3.63) is 23.3 Å². The van der Waals surface area contributed by atoms with Crippen molar-refractivity contribution >= 4 is 19.0 Å². The number of nitrogens with one attached hydrogen (secondary N) is 1. The second kappa shape index (κ2) is 7.49. The Labute approximate surface area is 168 Å². The molecule has 3 aliphatic rings. The van der Waals surface area contributed by atoms with Gasteiger partial charge in [0.05, 0.1) is 25.2 Å². The fraction of sp³-hybridized carbons (Fsp3) is 0.556. The molecule has 1 amide bonds. The Hall–Kier alpha value is -2.34. The van der Waals surface area contributed by atoms with Crippen LogP contribution in [0.1, 0.15) is 34.7 Å². The molecule has 1 aromatic carbocycles. The Kier molecular flexibility index (Phi) is 4.82. The van der Waals surface area contributed by atoms with Gasteiger partial charge in [0, 0.05) is 12.4 Å². The predicted molar refractivity (Wildman–Crippen MR) is 99.8 cm³/mol. The first-order valence-corrected chi connectivity index (χ1v) is 9.56. The molecule has 1 aliphatic carbocycles. The second-order valence-electron chi connectivity index (χ2n) is 7.90. The Morgan fingerprint density at radius 3 is 2.62 bits per heavy atom. The van der Waals surface area contributed by atoms with Gasteiger partial charge >= 0.3 is 13.1 Å². The van der Waals surface area contributed by atoms with Crippen molar-refractivity contribution in [3.8, 4) is 11.5 Å². The molecule has 0 aromatic heterocycles.